The van der Waals surface area contributed by atoms with Crippen molar-refractivity contribution >= 4 is 21.8 Å². The number of hydrogen-bond acceptors (Lipinski definition) is 4. The van der Waals surface area contributed by atoms with Crippen LogP contribution in [0.1, 0.15) is 29.4 Å². The maximum atomic E-state index is 12.3. The smallest absolute Gasteiger partial charge is 0.289 e. The Hall–Kier alpha value is -1.63. The molecule has 1 aliphatic heterocycles. The van der Waals surface area contributed by atoms with Gasteiger partial charge in [-0.05, 0) is 28.8 Å². The molecule has 0 bridgehead atoms. The minimum atomic E-state index is -0.0736. The Kier molecular flexibility index (Phi) is 3.37. The number of aromatic nitrogens is 3. The van der Waals surface area contributed by atoms with Gasteiger partial charge in [0.25, 0.3) is 5.91 Å². The van der Waals surface area contributed by atoms with E-state index in [-0.39, 0.29) is 11.9 Å². The van der Waals surface area contributed by atoms with Gasteiger partial charge in [0.05, 0.1) is 16.7 Å². The third-order valence-electron chi connectivity index (χ3n) is 3.28. The van der Waals surface area contributed by atoms with Gasteiger partial charge >= 0.3 is 0 Å². The van der Waals surface area contributed by atoms with Gasteiger partial charge in [0.15, 0.2) is 5.76 Å². The number of furan rings is 1. The molecule has 0 N–H and O–H groups in total. The van der Waals surface area contributed by atoms with Crippen LogP contribution in [-0.4, -0.2) is 38.9 Å². The molecule has 0 spiro atoms. The molecule has 0 saturated carbocycles. The number of nitrogens with zero attached hydrogens (tertiary/aromatic N) is 4. The minimum absolute atomic E-state index is 0.0736. The molecule has 0 aliphatic carbocycles. The first kappa shape index (κ1) is 12.4. The lowest BCUT2D eigenvalue weighted by molar-refractivity contribution is 0.0640. The van der Waals surface area contributed by atoms with Crippen LogP contribution >= 0.6 is 15.9 Å². The summed E-state index contributed by atoms with van der Waals surface area (Å²) in [5.74, 6) is 0.293. The quantitative estimate of drug-likeness (QED) is 0.848. The monoisotopic (exact) mass is 324 g/mol. The Morgan fingerprint density at radius 1 is 1.53 bits per heavy atom. The minimum Gasteiger partial charge on any atom is -0.458 e. The molecule has 100 valence electrons. The number of carbonyl (C=O) groups excluding carboxylic acids is 1. The van der Waals surface area contributed by atoms with Gasteiger partial charge in [-0.2, -0.15) is 0 Å². The van der Waals surface area contributed by atoms with Crippen LogP contribution in [0.2, 0.25) is 0 Å². The van der Waals surface area contributed by atoms with Crippen molar-refractivity contribution < 1.29 is 9.21 Å². The average molecular weight is 325 g/mol. The molecular weight excluding hydrogens is 312 g/mol. The summed E-state index contributed by atoms with van der Waals surface area (Å²) in [6.07, 6.45) is 6.98. The van der Waals surface area contributed by atoms with Gasteiger partial charge in [-0.25, -0.2) is 4.68 Å². The van der Waals surface area contributed by atoms with E-state index in [0.29, 0.717) is 12.3 Å². The van der Waals surface area contributed by atoms with Gasteiger partial charge < -0.3 is 9.32 Å². The SMILES string of the molecule is O=C(c1cc(Br)co1)N1CCCC(n2ccnn2)C1. The Bertz CT molecular complexity index is 566. The highest BCUT2D eigenvalue weighted by Gasteiger charge is 2.27. The molecule has 1 unspecified atom stereocenters. The van der Waals surface area contributed by atoms with Crippen LogP contribution < -0.4 is 0 Å². The zero-order chi connectivity index (χ0) is 13.2. The normalized spacial score (nSPS) is 19.6. The van der Waals surface area contributed by atoms with Crippen LogP contribution in [0.4, 0.5) is 0 Å². The van der Waals surface area contributed by atoms with E-state index in [0.717, 1.165) is 23.9 Å². The van der Waals surface area contributed by atoms with Gasteiger partial charge in [-0.1, -0.05) is 5.21 Å². The Morgan fingerprint density at radius 2 is 2.42 bits per heavy atom. The van der Waals surface area contributed by atoms with E-state index in [4.69, 9.17) is 4.42 Å². The second-order valence-corrected chi connectivity index (χ2v) is 5.48. The number of hydrogen-bond donors (Lipinski definition) is 0. The summed E-state index contributed by atoms with van der Waals surface area (Å²) in [7, 11) is 0. The first-order valence-electron chi connectivity index (χ1n) is 6.13. The number of likely N-dealkylation sites (tertiary alicyclic amines) is 1. The third kappa shape index (κ3) is 2.56. The van der Waals surface area contributed by atoms with Gasteiger partial charge in [-0.15, -0.1) is 5.10 Å². The molecule has 3 rings (SSSR count). The van der Waals surface area contributed by atoms with Crippen molar-refractivity contribution in [1.82, 2.24) is 19.9 Å². The van der Waals surface area contributed by atoms with E-state index in [2.05, 4.69) is 26.2 Å². The Morgan fingerprint density at radius 3 is 3.11 bits per heavy atom. The highest BCUT2D eigenvalue weighted by atomic mass is 79.9. The standard InChI is InChI=1S/C12H13BrN4O2/c13-9-6-11(19-8-9)12(18)16-4-1-2-10(7-16)17-5-3-14-15-17/h3,5-6,8,10H,1-2,4,7H2. The van der Waals surface area contributed by atoms with Crippen molar-refractivity contribution in [1.29, 1.82) is 0 Å². The fourth-order valence-electron chi connectivity index (χ4n) is 2.35. The van der Waals surface area contributed by atoms with Crippen molar-refractivity contribution in [2.45, 2.75) is 18.9 Å². The van der Waals surface area contributed by atoms with Crippen LogP contribution in [0.15, 0.2) is 33.6 Å². The molecular formula is C12H13BrN4O2. The maximum Gasteiger partial charge on any atom is 0.289 e. The predicted molar refractivity (Wildman–Crippen MR) is 70.6 cm³/mol. The number of carbonyl (C=O) groups is 1. The second-order valence-electron chi connectivity index (χ2n) is 4.56. The van der Waals surface area contributed by atoms with Gasteiger partial charge in [-0.3, -0.25) is 4.79 Å². The van der Waals surface area contributed by atoms with Gasteiger partial charge in [0, 0.05) is 25.4 Å². The molecule has 1 amide bonds. The molecule has 6 nitrogen and oxygen atoms in total. The molecule has 19 heavy (non-hydrogen) atoms. The number of halogens is 1. The summed E-state index contributed by atoms with van der Waals surface area (Å²) in [4.78, 5) is 14.1. The van der Waals surface area contributed by atoms with E-state index in [1.165, 1.54) is 6.26 Å². The van der Waals surface area contributed by atoms with Crippen molar-refractivity contribution in [2.75, 3.05) is 13.1 Å². The molecule has 0 radical (unpaired) electrons. The van der Waals surface area contributed by atoms with Crippen molar-refractivity contribution in [3.8, 4) is 0 Å². The summed E-state index contributed by atoms with van der Waals surface area (Å²) in [6, 6.07) is 1.89. The van der Waals surface area contributed by atoms with E-state index in [9.17, 15) is 4.79 Å². The van der Waals surface area contributed by atoms with Crippen molar-refractivity contribution in [3.63, 3.8) is 0 Å². The molecule has 3 heterocycles. The lowest BCUT2D eigenvalue weighted by Crippen LogP contribution is -2.40. The molecule has 1 aliphatic rings. The fourth-order valence-corrected chi connectivity index (χ4v) is 2.65. The summed E-state index contributed by atoms with van der Waals surface area (Å²) in [5, 5.41) is 7.82. The molecule has 0 aromatic carbocycles. The molecule has 1 atom stereocenters. The van der Waals surface area contributed by atoms with Crippen LogP contribution in [0.25, 0.3) is 0 Å². The molecule has 1 saturated heterocycles. The van der Waals surface area contributed by atoms with E-state index >= 15 is 0 Å². The number of rotatable bonds is 2. The number of piperidine rings is 1. The van der Waals surface area contributed by atoms with Crippen LogP contribution in [-0.2, 0) is 0 Å². The van der Waals surface area contributed by atoms with Crippen molar-refractivity contribution in [2.24, 2.45) is 0 Å². The van der Waals surface area contributed by atoms with Crippen LogP contribution in [0, 0.1) is 0 Å². The average Bonchev–Trinajstić information content (AvgIpc) is 3.09. The molecule has 2 aromatic rings. The first-order chi connectivity index (χ1) is 9.24. The lowest BCUT2D eigenvalue weighted by atomic mass is 10.1. The summed E-state index contributed by atoms with van der Waals surface area (Å²) in [5.41, 5.74) is 0. The summed E-state index contributed by atoms with van der Waals surface area (Å²) < 4.78 is 7.83. The van der Waals surface area contributed by atoms with Crippen LogP contribution in [0.3, 0.4) is 0 Å². The molecule has 2 aromatic heterocycles. The molecule has 1 fully saturated rings. The zero-order valence-electron chi connectivity index (χ0n) is 10.2. The largest absolute Gasteiger partial charge is 0.458 e. The molecule has 7 heteroatoms. The predicted octanol–water partition coefficient (Wildman–Crippen LogP) is 2.11. The lowest BCUT2D eigenvalue weighted by Gasteiger charge is -2.31. The first-order valence-corrected chi connectivity index (χ1v) is 6.92. The Balaban J connectivity index is 1.73. The third-order valence-corrected chi connectivity index (χ3v) is 3.69. The van der Waals surface area contributed by atoms with Crippen molar-refractivity contribution in [3.05, 3.63) is 35.0 Å². The topological polar surface area (TPSA) is 64.2 Å². The zero-order valence-corrected chi connectivity index (χ0v) is 11.8. The summed E-state index contributed by atoms with van der Waals surface area (Å²) in [6.45, 7) is 1.39. The Labute approximate surface area is 118 Å². The fraction of sp³-hybridized carbons (Fsp3) is 0.417. The van der Waals surface area contributed by atoms with Crippen LogP contribution in [0.5, 0.6) is 0 Å². The summed E-state index contributed by atoms with van der Waals surface area (Å²) >= 11 is 3.28. The van der Waals surface area contributed by atoms with E-state index < -0.39 is 0 Å². The second kappa shape index (κ2) is 5.16. The van der Waals surface area contributed by atoms with E-state index in [1.54, 1.807) is 17.2 Å². The van der Waals surface area contributed by atoms with E-state index in [1.807, 2.05) is 10.9 Å². The maximum absolute atomic E-state index is 12.3. The van der Waals surface area contributed by atoms with Gasteiger partial charge in [0.2, 0.25) is 0 Å². The highest BCUT2D eigenvalue weighted by Crippen LogP contribution is 2.23. The number of amides is 1. The highest BCUT2D eigenvalue weighted by molar-refractivity contribution is 9.10. The van der Waals surface area contributed by atoms with Gasteiger partial charge in [0.1, 0.15) is 6.26 Å².